The average molecular weight is 536 g/mol. The van der Waals surface area contributed by atoms with Crippen molar-refractivity contribution in [3.05, 3.63) is 82.4 Å². The number of hydrogen-bond acceptors (Lipinski definition) is 7. The second-order valence-corrected chi connectivity index (χ2v) is 9.93. The van der Waals surface area contributed by atoms with E-state index in [1.807, 2.05) is 0 Å². The van der Waals surface area contributed by atoms with E-state index >= 15 is 0 Å². The predicted molar refractivity (Wildman–Crippen MR) is 130 cm³/mol. The van der Waals surface area contributed by atoms with Gasteiger partial charge in [-0.2, -0.15) is 0 Å². The third kappa shape index (κ3) is 5.24. The molecule has 13 heteroatoms. The number of halogens is 1. The SMILES string of the molecule is C=C(C)C(Cc1ccc([N+](=O)[O-])cc1)(C(=O)O)N1C(=O)C(NC(=O)COc2ccccc2)C1S(=O)Cl. The number of benzene rings is 2. The van der Waals surface area contributed by atoms with Crippen LogP contribution in [0.4, 0.5) is 5.69 Å². The lowest BCUT2D eigenvalue weighted by Gasteiger charge is -2.53. The van der Waals surface area contributed by atoms with E-state index in [0.29, 0.717) is 11.3 Å². The summed E-state index contributed by atoms with van der Waals surface area (Å²) in [6.45, 7) is 4.69. The summed E-state index contributed by atoms with van der Waals surface area (Å²) in [5.74, 6) is -2.57. The van der Waals surface area contributed by atoms with E-state index in [1.54, 1.807) is 30.3 Å². The zero-order valence-corrected chi connectivity index (χ0v) is 20.5. The standard InChI is InChI=1S/C23H22ClN3O8S/c1-14(2)23(22(30)31,12-15-8-10-16(11-9-15)27(32)33)26-20(29)19(21(26)36(24)34)25-18(28)13-35-17-6-4-3-5-7-17/h3-11,19,21H,1,12-13H2,2H3,(H,25,28)(H,30,31). The molecule has 190 valence electrons. The first kappa shape index (κ1) is 26.8. The Morgan fingerprint density at radius 2 is 1.86 bits per heavy atom. The minimum atomic E-state index is -2.28. The van der Waals surface area contributed by atoms with Crippen LogP contribution in [0.1, 0.15) is 12.5 Å². The topological polar surface area (TPSA) is 156 Å². The monoisotopic (exact) mass is 535 g/mol. The van der Waals surface area contributed by atoms with Crippen molar-refractivity contribution in [3.8, 4) is 5.75 Å². The first-order valence-electron chi connectivity index (χ1n) is 10.5. The molecule has 3 rings (SSSR count). The molecule has 2 aromatic rings. The smallest absolute Gasteiger partial charge is 0.334 e. The second-order valence-electron chi connectivity index (χ2n) is 8.04. The third-order valence-corrected chi connectivity index (χ3v) is 7.15. The van der Waals surface area contributed by atoms with Crippen molar-refractivity contribution in [2.45, 2.75) is 30.3 Å². The summed E-state index contributed by atoms with van der Waals surface area (Å²) >= 11 is 0. The molecule has 36 heavy (non-hydrogen) atoms. The van der Waals surface area contributed by atoms with E-state index in [4.69, 9.17) is 15.4 Å². The maximum absolute atomic E-state index is 13.2. The number of ether oxygens (including phenoxy) is 1. The molecule has 1 aliphatic rings. The highest BCUT2D eigenvalue weighted by molar-refractivity contribution is 8.08. The molecule has 0 spiro atoms. The van der Waals surface area contributed by atoms with E-state index in [2.05, 4.69) is 11.9 Å². The normalized spacial score (nSPS) is 19.4. The van der Waals surface area contributed by atoms with Crippen molar-refractivity contribution in [1.29, 1.82) is 0 Å². The number of β-lactam (4-membered cyclic amide) rings is 1. The van der Waals surface area contributed by atoms with Crippen LogP contribution in [0.25, 0.3) is 0 Å². The number of non-ortho nitro benzene ring substituents is 1. The molecule has 1 aliphatic heterocycles. The molecule has 1 saturated heterocycles. The van der Waals surface area contributed by atoms with E-state index in [9.17, 15) is 33.8 Å². The Morgan fingerprint density at radius 1 is 1.25 bits per heavy atom. The molecule has 2 amide bonds. The molecular formula is C23H22ClN3O8S. The Morgan fingerprint density at radius 3 is 2.36 bits per heavy atom. The van der Waals surface area contributed by atoms with Crippen molar-refractivity contribution in [2.75, 3.05) is 6.61 Å². The summed E-state index contributed by atoms with van der Waals surface area (Å²) in [6.07, 6.45) is -0.330. The van der Waals surface area contributed by atoms with Gasteiger partial charge >= 0.3 is 5.97 Å². The summed E-state index contributed by atoms with van der Waals surface area (Å²) in [6, 6.07) is 12.2. The van der Waals surface area contributed by atoms with Crippen LogP contribution in [-0.4, -0.2) is 60.5 Å². The maximum Gasteiger partial charge on any atom is 0.334 e. The fourth-order valence-electron chi connectivity index (χ4n) is 3.91. The third-order valence-electron chi connectivity index (χ3n) is 5.74. The average Bonchev–Trinajstić information content (AvgIpc) is 2.83. The fraction of sp³-hybridized carbons (Fsp3) is 0.261. The van der Waals surface area contributed by atoms with Crippen LogP contribution in [0.15, 0.2) is 66.7 Å². The van der Waals surface area contributed by atoms with Crippen LogP contribution in [0.5, 0.6) is 5.75 Å². The number of nitrogens with zero attached hydrogens (tertiary/aromatic N) is 2. The van der Waals surface area contributed by atoms with Gasteiger partial charge in [-0.05, 0) is 40.9 Å². The molecule has 4 atom stereocenters. The fourth-order valence-corrected chi connectivity index (χ4v) is 5.30. The molecule has 1 heterocycles. The number of rotatable bonds is 11. The molecule has 0 bridgehead atoms. The zero-order chi connectivity index (χ0) is 26.6. The summed E-state index contributed by atoms with van der Waals surface area (Å²) in [5, 5.41) is 22.2. The molecule has 0 saturated carbocycles. The van der Waals surface area contributed by atoms with Gasteiger partial charge < -0.3 is 20.1 Å². The number of nitro benzene ring substituents is 1. The lowest BCUT2D eigenvalue weighted by atomic mass is 9.80. The number of carboxylic acid groups (broad SMARTS) is 1. The van der Waals surface area contributed by atoms with Gasteiger partial charge in [0.25, 0.3) is 17.5 Å². The van der Waals surface area contributed by atoms with E-state index in [0.717, 1.165) is 4.90 Å². The van der Waals surface area contributed by atoms with Crippen molar-refractivity contribution in [1.82, 2.24) is 10.2 Å². The molecule has 1 fully saturated rings. The van der Waals surface area contributed by atoms with Crippen LogP contribution in [-0.2, 0) is 30.8 Å². The minimum absolute atomic E-state index is 0.0333. The maximum atomic E-state index is 13.2. The Hall–Kier alpha value is -3.77. The number of hydrogen-bond donors (Lipinski definition) is 2. The van der Waals surface area contributed by atoms with Gasteiger partial charge in [0.1, 0.15) is 21.8 Å². The number of nitrogens with one attached hydrogen (secondary N) is 1. The number of nitro groups is 1. The highest BCUT2D eigenvalue weighted by Gasteiger charge is 2.63. The van der Waals surface area contributed by atoms with Gasteiger partial charge in [0.15, 0.2) is 17.5 Å². The van der Waals surface area contributed by atoms with Crippen molar-refractivity contribution >= 4 is 44.2 Å². The van der Waals surface area contributed by atoms with Crippen LogP contribution >= 0.6 is 10.7 Å². The zero-order valence-electron chi connectivity index (χ0n) is 19.0. The Bertz CT molecular complexity index is 1210. The Labute approximate surface area is 212 Å². The van der Waals surface area contributed by atoms with Gasteiger partial charge in [-0.3, -0.25) is 19.7 Å². The Balaban J connectivity index is 1.85. The van der Waals surface area contributed by atoms with Gasteiger partial charge in [-0.1, -0.05) is 36.9 Å². The van der Waals surface area contributed by atoms with Gasteiger partial charge in [0, 0.05) is 18.6 Å². The number of likely N-dealkylation sites (tertiary alicyclic amines) is 1. The number of para-hydroxylation sites is 1. The molecule has 2 N–H and O–H groups in total. The predicted octanol–water partition coefficient (Wildman–Crippen LogP) is 2.17. The first-order valence-corrected chi connectivity index (χ1v) is 12.5. The van der Waals surface area contributed by atoms with E-state index in [1.165, 1.54) is 31.2 Å². The number of aliphatic carboxylic acids is 1. The van der Waals surface area contributed by atoms with Gasteiger partial charge in [-0.25, -0.2) is 9.00 Å². The molecule has 0 radical (unpaired) electrons. The lowest BCUT2D eigenvalue weighted by Crippen LogP contribution is -2.79. The van der Waals surface area contributed by atoms with Crippen LogP contribution in [0, 0.1) is 10.1 Å². The largest absolute Gasteiger partial charge is 0.484 e. The summed E-state index contributed by atoms with van der Waals surface area (Å²) < 4.78 is 17.8. The van der Waals surface area contributed by atoms with E-state index < -0.39 is 56.3 Å². The molecule has 2 aromatic carbocycles. The molecule has 4 unspecified atom stereocenters. The molecular weight excluding hydrogens is 514 g/mol. The second kappa shape index (κ2) is 10.9. The highest BCUT2D eigenvalue weighted by atomic mass is 35.7. The Kier molecular flexibility index (Phi) is 8.10. The number of amides is 2. The molecule has 0 aliphatic carbocycles. The summed E-state index contributed by atoms with van der Waals surface area (Å²) in [5.41, 5.74) is -1.90. The minimum Gasteiger partial charge on any atom is -0.484 e. The quantitative estimate of drug-likeness (QED) is 0.146. The van der Waals surface area contributed by atoms with Gasteiger partial charge in [0.05, 0.1) is 4.92 Å². The lowest BCUT2D eigenvalue weighted by molar-refractivity contribution is -0.384. The van der Waals surface area contributed by atoms with Gasteiger partial charge in [-0.15, -0.1) is 0 Å². The molecule has 11 nitrogen and oxygen atoms in total. The number of carboxylic acids is 1. The highest BCUT2D eigenvalue weighted by Crippen LogP contribution is 2.39. The number of carbonyl (C=O) groups excluding carboxylic acids is 2. The summed E-state index contributed by atoms with van der Waals surface area (Å²) in [7, 11) is 3.58. The van der Waals surface area contributed by atoms with E-state index in [-0.39, 0.29) is 17.7 Å². The molecule has 0 aromatic heterocycles. The van der Waals surface area contributed by atoms with Gasteiger partial charge in [0.2, 0.25) is 0 Å². The van der Waals surface area contributed by atoms with Crippen molar-refractivity contribution in [2.24, 2.45) is 0 Å². The van der Waals surface area contributed by atoms with Crippen LogP contribution in [0.2, 0.25) is 0 Å². The van der Waals surface area contributed by atoms with Crippen LogP contribution in [0.3, 0.4) is 0 Å². The van der Waals surface area contributed by atoms with Crippen molar-refractivity contribution in [3.63, 3.8) is 0 Å². The first-order chi connectivity index (χ1) is 17.0. The van der Waals surface area contributed by atoms with Crippen molar-refractivity contribution < 1.29 is 33.4 Å². The number of carbonyl (C=O) groups is 3. The van der Waals surface area contributed by atoms with Crippen LogP contribution < -0.4 is 10.1 Å². The summed E-state index contributed by atoms with van der Waals surface area (Å²) in [4.78, 5) is 49.3.